The van der Waals surface area contributed by atoms with Gasteiger partial charge < -0.3 is 15.8 Å². The Bertz CT molecular complexity index is 648. The molecule has 2 heterocycles. The van der Waals surface area contributed by atoms with Crippen LogP contribution in [-0.4, -0.2) is 11.6 Å². The summed E-state index contributed by atoms with van der Waals surface area (Å²) in [7, 11) is 0. The minimum atomic E-state index is 0.0884. The summed E-state index contributed by atoms with van der Waals surface area (Å²) in [6.07, 6.45) is 0.831. The molecule has 1 aromatic heterocycles. The fourth-order valence-electron chi connectivity index (χ4n) is 2.24. The Labute approximate surface area is 126 Å². The van der Waals surface area contributed by atoms with E-state index in [9.17, 15) is 0 Å². The van der Waals surface area contributed by atoms with Gasteiger partial charge in [0.2, 0.25) is 0 Å². The number of fused-ring (bicyclic) bond motifs is 1. The lowest BCUT2D eigenvalue weighted by molar-refractivity contribution is 0.274. The number of rotatable bonds is 2. The summed E-state index contributed by atoms with van der Waals surface area (Å²) in [6.45, 7) is 0.648. The summed E-state index contributed by atoms with van der Waals surface area (Å²) >= 11 is 12.0. The minimum Gasteiger partial charge on any atom is -0.493 e. The molecule has 0 aliphatic carbocycles. The van der Waals surface area contributed by atoms with Crippen LogP contribution in [0.3, 0.4) is 0 Å². The highest BCUT2D eigenvalue weighted by Crippen LogP contribution is 2.36. The number of para-hydroxylation sites is 1. The van der Waals surface area contributed by atoms with E-state index < -0.39 is 0 Å². The Balaban J connectivity index is 1.91. The average molecular weight is 310 g/mol. The van der Waals surface area contributed by atoms with Gasteiger partial charge in [0.1, 0.15) is 17.4 Å². The molecule has 3 rings (SSSR count). The van der Waals surface area contributed by atoms with Crippen LogP contribution in [0, 0.1) is 0 Å². The van der Waals surface area contributed by atoms with Crippen LogP contribution in [0.15, 0.2) is 30.3 Å². The fraction of sp³-hybridized carbons (Fsp3) is 0.214. The van der Waals surface area contributed by atoms with Crippen molar-refractivity contribution < 1.29 is 4.74 Å². The molecule has 104 valence electrons. The van der Waals surface area contributed by atoms with Crippen molar-refractivity contribution in [1.29, 1.82) is 0 Å². The lowest BCUT2D eigenvalue weighted by atomic mass is 10.0. The SMILES string of the molecule is Nc1nc(NC2CCOc3ccccc32)c(Cl)cc1Cl. The van der Waals surface area contributed by atoms with Gasteiger partial charge in [0.15, 0.2) is 0 Å². The summed E-state index contributed by atoms with van der Waals surface area (Å²) in [5.74, 6) is 1.68. The number of benzene rings is 1. The first-order chi connectivity index (χ1) is 9.65. The number of nitrogens with two attached hydrogens (primary N) is 1. The lowest BCUT2D eigenvalue weighted by Crippen LogP contribution is -2.21. The van der Waals surface area contributed by atoms with Gasteiger partial charge in [-0.3, -0.25) is 0 Å². The van der Waals surface area contributed by atoms with Gasteiger partial charge in [-0.25, -0.2) is 4.98 Å². The molecule has 3 N–H and O–H groups in total. The Kier molecular flexibility index (Phi) is 3.59. The number of nitrogens with zero attached hydrogens (tertiary/aromatic N) is 1. The predicted molar refractivity (Wildman–Crippen MR) is 81.6 cm³/mol. The molecule has 1 aromatic carbocycles. The fourth-order valence-corrected chi connectivity index (χ4v) is 2.65. The van der Waals surface area contributed by atoms with Gasteiger partial charge in [0.05, 0.1) is 22.7 Å². The number of hydrogen-bond donors (Lipinski definition) is 2. The highest BCUT2D eigenvalue weighted by atomic mass is 35.5. The molecule has 0 amide bonds. The first kappa shape index (κ1) is 13.3. The van der Waals surface area contributed by atoms with Crippen molar-refractivity contribution in [2.24, 2.45) is 0 Å². The van der Waals surface area contributed by atoms with E-state index in [-0.39, 0.29) is 11.9 Å². The average Bonchev–Trinajstić information content (AvgIpc) is 2.45. The molecule has 0 spiro atoms. The van der Waals surface area contributed by atoms with Gasteiger partial charge in [-0.2, -0.15) is 0 Å². The molecule has 0 radical (unpaired) electrons. The quantitative estimate of drug-likeness (QED) is 0.883. The summed E-state index contributed by atoms with van der Waals surface area (Å²) in [4.78, 5) is 4.20. The van der Waals surface area contributed by atoms with Crippen LogP contribution in [-0.2, 0) is 0 Å². The number of aromatic nitrogens is 1. The van der Waals surface area contributed by atoms with E-state index in [0.717, 1.165) is 17.7 Å². The molecular weight excluding hydrogens is 297 g/mol. The number of pyridine rings is 1. The van der Waals surface area contributed by atoms with E-state index in [2.05, 4.69) is 10.3 Å². The first-order valence-electron chi connectivity index (χ1n) is 6.25. The Hall–Kier alpha value is -1.65. The predicted octanol–water partition coefficient (Wildman–Crippen LogP) is 3.91. The largest absolute Gasteiger partial charge is 0.493 e. The second-order valence-electron chi connectivity index (χ2n) is 4.56. The molecule has 0 bridgehead atoms. The molecule has 2 aromatic rings. The summed E-state index contributed by atoms with van der Waals surface area (Å²) in [6, 6.07) is 9.60. The molecule has 1 aliphatic rings. The van der Waals surface area contributed by atoms with Crippen LogP contribution in [0.1, 0.15) is 18.0 Å². The zero-order chi connectivity index (χ0) is 14.1. The third-order valence-corrected chi connectivity index (χ3v) is 3.82. The van der Waals surface area contributed by atoms with E-state index in [1.165, 1.54) is 0 Å². The number of hydrogen-bond acceptors (Lipinski definition) is 4. The minimum absolute atomic E-state index is 0.0884. The van der Waals surface area contributed by atoms with Crippen molar-refractivity contribution >= 4 is 34.8 Å². The molecule has 0 fully saturated rings. The van der Waals surface area contributed by atoms with Crippen molar-refractivity contribution in [2.45, 2.75) is 12.5 Å². The maximum Gasteiger partial charge on any atom is 0.147 e. The van der Waals surface area contributed by atoms with Gasteiger partial charge in [0, 0.05) is 12.0 Å². The highest BCUT2D eigenvalue weighted by Gasteiger charge is 2.22. The lowest BCUT2D eigenvalue weighted by Gasteiger charge is -2.27. The van der Waals surface area contributed by atoms with Crippen LogP contribution in [0.25, 0.3) is 0 Å². The van der Waals surface area contributed by atoms with Crippen molar-refractivity contribution in [3.63, 3.8) is 0 Å². The van der Waals surface area contributed by atoms with E-state index in [4.69, 9.17) is 33.7 Å². The normalized spacial score (nSPS) is 17.2. The molecular formula is C14H13Cl2N3O. The van der Waals surface area contributed by atoms with E-state index in [1.54, 1.807) is 6.07 Å². The van der Waals surface area contributed by atoms with E-state index >= 15 is 0 Å². The van der Waals surface area contributed by atoms with Crippen LogP contribution in [0.2, 0.25) is 10.0 Å². The summed E-state index contributed by atoms with van der Waals surface area (Å²) in [5, 5.41) is 4.12. The van der Waals surface area contributed by atoms with Gasteiger partial charge in [-0.15, -0.1) is 0 Å². The third kappa shape index (κ3) is 2.49. The van der Waals surface area contributed by atoms with Crippen molar-refractivity contribution in [3.05, 3.63) is 45.9 Å². The van der Waals surface area contributed by atoms with E-state index in [1.807, 2.05) is 24.3 Å². The second kappa shape index (κ2) is 5.38. The number of halogens is 2. The summed E-state index contributed by atoms with van der Waals surface area (Å²) < 4.78 is 5.63. The number of nitrogen functional groups attached to an aromatic ring is 1. The maximum absolute atomic E-state index is 6.15. The van der Waals surface area contributed by atoms with Crippen LogP contribution < -0.4 is 15.8 Å². The number of nitrogens with one attached hydrogen (secondary N) is 1. The molecule has 0 saturated heterocycles. The topological polar surface area (TPSA) is 60.2 Å². The van der Waals surface area contributed by atoms with E-state index in [0.29, 0.717) is 22.5 Å². The van der Waals surface area contributed by atoms with Gasteiger partial charge in [0.25, 0.3) is 0 Å². The van der Waals surface area contributed by atoms with Gasteiger partial charge in [-0.05, 0) is 12.1 Å². The molecule has 1 unspecified atom stereocenters. The Morgan fingerprint density at radius 2 is 2.05 bits per heavy atom. The summed E-state index contributed by atoms with van der Waals surface area (Å²) in [5.41, 5.74) is 6.81. The second-order valence-corrected chi connectivity index (χ2v) is 5.37. The standard InChI is InChI=1S/C14H13Cl2N3O/c15-9-7-10(16)14(19-13(9)17)18-11-5-6-20-12-4-2-1-3-8(11)12/h1-4,7,11H,5-6H2,(H3,17,18,19). The third-order valence-electron chi connectivity index (χ3n) is 3.23. The molecule has 1 atom stereocenters. The van der Waals surface area contributed by atoms with Crippen molar-refractivity contribution in [1.82, 2.24) is 4.98 Å². The van der Waals surface area contributed by atoms with Crippen LogP contribution >= 0.6 is 23.2 Å². The Morgan fingerprint density at radius 3 is 2.90 bits per heavy atom. The highest BCUT2D eigenvalue weighted by molar-refractivity contribution is 6.37. The Morgan fingerprint density at radius 1 is 1.25 bits per heavy atom. The van der Waals surface area contributed by atoms with Crippen molar-refractivity contribution in [2.75, 3.05) is 17.7 Å². The number of anilines is 2. The monoisotopic (exact) mass is 309 g/mol. The maximum atomic E-state index is 6.15. The van der Waals surface area contributed by atoms with Gasteiger partial charge >= 0.3 is 0 Å². The zero-order valence-corrected chi connectivity index (χ0v) is 12.1. The van der Waals surface area contributed by atoms with Crippen LogP contribution in [0.4, 0.5) is 11.6 Å². The molecule has 6 heteroatoms. The number of ether oxygens (including phenoxy) is 1. The first-order valence-corrected chi connectivity index (χ1v) is 7.00. The molecule has 20 heavy (non-hydrogen) atoms. The molecule has 0 saturated carbocycles. The van der Waals surface area contributed by atoms with Gasteiger partial charge in [-0.1, -0.05) is 41.4 Å². The molecule has 1 aliphatic heterocycles. The van der Waals surface area contributed by atoms with Crippen LogP contribution in [0.5, 0.6) is 5.75 Å². The smallest absolute Gasteiger partial charge is 0.147 e. The van der Waals surface area contributed by atoms with Crippen molar-refractivity contribution in [3.8, 4) is 5.75 Å². The zero-order valence-electron chi connectivity index (χ0n) is 10.6. The molecule has 4 nitrogen and oxygen atoms in total.